The molecule has 1 amide bonds. The van der Waals surface area contributed by atoms with E-state index in [0.717, 1.165) is 29.8 Å². The lowest BCUT2D eigenvalue weighted by atomic mass is 10.1. The number of benzene rings is 3. The van der Waals surface area contributed by atoms with Crippen molar-refractivity contribution in [2.24, 2.45) is 4.99 Å². The zero-order chi connectivity index (χ0) is 25.1. The quantitative estimate of drug-likeness (QED) is 0.243. The second kappa shape index (κ2) is 10.6. The number of carbonyl (C=O) groups is 1. The highest BCUT2D eigenvalue weighted by atomic mass is 35.5. The number of nitrogens with zero attached hydrogens (tertiary/aromatic N) is 2. The summed E-state index contributed by atoms with van der Waals surface area (Å²) in [5, 5.41) is 1.25. The van der Waals surface area contributed by atoms with E-state index in [0.29, 0.717) is 26.6 Å². The van der Waals surface area contributed by atoms with Crippen LogP contribution in [0.2, 0.25) is 5.02 Å². The van der Waals surface area contributed by atoms with Crippen LogP contribution in [-0.2, 0) is 17.6 Å². The minimum Gasteiger partial charge on any atom is -0.457 e. The molecule has 0 saturated carbocycles. The first kappa shape index (κ1) is 24.2. The number of rotatable bonds is 6. The van der Waals surface area contributed by atoms with Gasteiger partial charge >= 0.3 is 0 Å². The van der Waals surface area contributed by atoms with Crippen LogP contribution in [0, 0.1) is 0 Å². The first-order valence-corrected chi connectivity index (χ1v) is 13.1. The fourth-order valence-electron chi connectivity index (χ4n) is 3.93. The molecule has 1 aromatic heterocycles. The van der Waals surface area contributed by atoms with Crippen molar-refractivity contribution >= 4 is 51.9 Å². The fraction of sp³-hybridized carbons (Fsp3) is 0.133. The van der Waals surface area contributed by atoms with E-state index in [2.05, 4.69) is 26.0 Å². The van der Waals surface area contributed by atoms with E-state index in [-0.39, 0.29) is 5.91 Å². The van der Waals surface area contributed by atoms with Gasteiger partial charge in [0.1, 0.15) is 11.5 Å². The number of amidine groups is 1. The predicted molar refractivity (Wildman–Crippen MR) is 151 cm³/mol. The minimum atomic E-state index is -0.131. The molecule has 1 fully saturated rings. The van der Waals surface area contributed by atoms with Crippen molar-refractivity contribution in [2.45, 2.75) is 26.7 Å². The number of thioether (sulfide) groups is 1. The normalized spacial score (nSPS) is 15.9. The maximum absolute atomic E-state index is 13.6. The number of aliphatic imine (C=N–C) groups is 1. The van der Waals surface area contributed by atoms with E-state index in [1.807, 2.05) is 72.8 Å². The number of aryl methyl sites for hydroxylation is 2. The Balaban J connectivity index is 1.50. The Morgan fingerprint density at radius 2 is 1.61 bits per heavy atom. The molecule has 5 rings (SSSR count). The standard InChI is InChI=1S/C30H25ClN2O2S/c1-3-20-8-12-24(13-9-20)32-30-33(25-14-10-21(4-2)11-15-25)29(34)28(36-30)19-26-16-17-27(35-26)22-6-5-7-23(31)18-22/h5-19H,3-4H2,1-2H3/b28-19-,32-30?. The van der Waals surface area contributed by atoms with E-state index >= 15 is 0 Å². The molecule has 180 valence electrons. The summed E-state index contributed by atoms with van der Waals surface area (Å²) in [5.41, 5.74) is 4.94. The fourth-order valence-corrected chi connectivity index (χ4v) is 5.10. The third-order valence-corrected chi connectivity index (χ3v) is 7.19. The molecule has 0 bridgehead atoms. The number of halogens is 1. The Morgan fingerprint density at radius 1 is 0.917 bits per heavy atom. The van der Waals surface area contributed by atoms with Crippen molar-refractivity contribution in [3.05, 3.63) is 112 Å². The van der Waals surface area contributed by atoms with Crippen LogP contribution in [0.25, 0.3) is 17.4 Å². The molecule has 2 heterocycles. The molecule has 1 aliphatic heterocycles. The number of amides is 1. The Bertz CT molecular complexity index is 1450. The van der Waals surface area contributed by atoms with Crippen molar-refractivity contribution in [1.82, 2.24) is 0 Å². The maximum atomic E-state index is 13.6. The molecule has 0 aliphatic carbocycles. The van der Waals surface area contributed by atoms with Crippen molar-refractivity contribution in [2.75, 3.05) is 4.90 Å². The Labute approximate surface area is 220 Å². The molecule has 1 saturated heterocycles. The van der Waals surface area contributed by atoms with Gasteiger partial charge in [-0.1, -0.05) is 61.8 Å². The zero-order valence-corrected chi connectivity index (χ0v) is 21.6. The average molecular weight is 513 g/mol. The van der Waals surface area contributed by atoms with Crippen LogP contribution in [-0.4, -0.2) is 11.1 Å². The number of anilines is 1. The molecule has 0 N–H and O–H groups in total. The molecule has 36 heavy (non-hydrogen) atoms. The summed E-state index contributed by atoms with van der Waals surface area (Å²) in [6.45, 7) is 4.23. The van der Waals surface area contributed by atoms with Gasteiger partial charge in [-0.3, -0.25) is 9.69 Å². The number of carbonyl (C=O) groups excluding carboxylic acids is 1. The van der Waals surface area contributed by atoms with Gasteiger partial charge < -0.3 is 4.42 Å². The highest BCUT2D eigenvalue weighted by Gasteiger charge is 2.35. The third-order valence-electron chi connectivity index (χ3n) is 5.99. The topological polar surface area (TPSA) is 45.8 Å². The van der Waals surface area contributed by atoms with Crippen molar-refractivity contribution in [3.63, 3.8) is 0 Å². The number of furan rings is 1. The molecule has 3 aromatic carbocycles. The monoisotopic (exact) mass is 512 g/mol. The third kappa shape index (κ3) is 5.18. The molecule has 6 heteroatoms. The summed E-state index contributed by atoms with van der Waals surface area (Å²) in [5.74, 6) is 1.15. The Hall–Kier alpha value is -3.54. The van der Waals surface area contributed by atoms with Gasteiger partial charge in [0.05, 0.1) is 16.3 Å². The van der Waals surface area contributed by atoms with Gasteiger partial charge in [0, 0.05) is 16.7 Å². The van der Waals surface area contributed by atoms with Crippen molar-refractivity contribution in [1.29, 1.82) is 0 Å². The van der Waals surface area contributed by atoms with Gasteiger partial charge in [0.25, 0.3) is 5.91 Å². The molecule has 1 aliphatic rings. The lowest BCUT2D eigenvalue weighted by molar-refractivity contribution is -0.113. The highest BCUT2D eigenvalue weighted by molar-refractivity contribution is 8.19. The molecule has 0 radical (unpaired) electrons. The van der Waals surface area contributed by atoms with Crippen LogP contribution in [0.1, 0.15) is 30.7 Å². The average Bonchev–Trinajstić information content (AvgIpc) is 3.49. The SMILES string of the molecule is CCc1ccc(N=C2S/C(=C\c3ccc(-c4cccc(Cl)c4)o3)C(=O)N2c2ccc(CC)cc2)cc1. The van der Waals surface area contributed by atoms with Crippen LogP contribution in [0.5, 0.6) is 0 Å². The van der Waals surface area contributed by atoms with Gasteiger partial charge in [-0.25, -0.2) is 4.99 Å². The smallest absolute Gasteiger partial charge is 0.271 e. The van der Waals surface area contributed by atoms with E-state index in [4.69, 9.17) is 21.0 Å². The largest absolute Gasteiger partial charge is 0.457 e. The van der Waals surface area contributed by atoms with Gasteiger partial charge in [0.2, 0.25) is 0 Å². The Kier molecular flexibility index (Phi) is 7.12. The van der Waals surface area contributed by atoms with E-state index in [1.165, 1.54) is 22.9 Å². The van der Waals surface area contributed by atoms with E-state index in [1.54, 1.807) is 11.0 Å². The van der Waals surface area contributed by atoms with Gasteiger partial charge in [0.15, 0.2) is 5.17 Å². The predicted octanol–water partition coefficient (Wildman–Crippen LogP) is 8.53. The first-order chi connectivity index (χ1) is 17.5. The van der Waals surface area contributed by atoms with Crippen LogP contribution in [0.15, 0.2) is 99.2 Å². The summed E-state index contributed by atoms with van der Waals surface area (Å²) in [7, 11) is 0. The van der Waals surface area contributed by atoms with Crippen LogP contribution >= 0.6 is 23.4 Å². The first-order valence-electron chi connectivity index (χ1n) is 11.9. The lowest BCUT2D eigenvalue weighted by Crippen LogP contribution is -2.28. The lowest BCUT2D eigenvalue weighted by Gasteiger charge is -2.16. The molecule has 4 aromatic rings. The highest BCUT2D eigenvalue weighted by Crippen LogP contribution is 2.38. The number of hydrogen-bond acceptors (Lipinski definition) is 4. The molecule has 0 spiro atoms. The van der Waals surface area contributed by atoms with Gasteiger partial charge in [-0.2, -0.15) is 0 Å². The van der Waals surface area contributed by atoms with Crippen molar-refractivity contribution < 1.29 is 9.21 Å². The summed E-state index contributed by atoms with van der Waals surface area (Å²) in [6.07, 6.45) is 3.68. The van der Waals surface area contributed by atoms with Crippen LogP contribution in [0.3, 0.4) is 0 Å². The summed E-state index contributed by atoms with van der Waals surface area (Å²) in [4.78, 5) is 20.6. The maximum Gasteiger partial charge on any atom is 0.271 e. The molecular weight excluding hydrogens is 488 g/mol. The van der Waals surface area contributed by atoms with Gasteiger partial charge in [-0.15, -0.1) is 0 Å². The second-order valence-electron chi connectivity index (χ2n) is 8.40. The second-order valence-corrected chi connectivity index (χ2v) is 9.84. The summed E-state index contributed by atoms with van der Waals surface area (Å²) < 4.78 is 6.03. The van der Waals surface area contributed by atoms with Crippen molar-refractivity contribution in [3.8, 4) is 11.3 Å². The van der Waals surface area contributed by atoms with Crippen LogP contribution in [0.4, 0.5) is 11.4 Å². The summed E-state index contributed by atoms with van der Waals surface area (Å²) in [6, 6.07) is 27.4. The molecular formula is C30H25ClN2O2S. The van der Waals surface area contributed by atoms with E-state index < -0.39 is 0 Å². The van der Waals surface area contributed by atoms with E-state index in [9.17, 15) is 4.79 Å². The molecule has 4 nitrogen and oxygen atoms in total. The molecule has 0 atom stereocenters. The number of hydrogen-bond donors (Lipinski definition) is 0. The zero-order valence-electron chi connectivity index (χ0n) is 20.1. The van der Waals surface area contributed by atoms with Crippen LogP contribution < -0.4 is 4.90 Å². The Morgan fingerprint density at radius 3 is 2.28 bits per heavy atom. The van der Waals surface area contributed by atoms with Gasteiger partial charge in [-0.05, 0) is 84.3 Å². The molecule has 0 unspecified atom stereocenters. The summed E-state index contributed by atoms with van der Waals surface area (Å²) >= 11 is 7.48. The minimum absolute atomic E-state index is 0.131.